The van der Waals surface area contributed by atoms with Crippen LogP contribution in [-0.4, -0.2) is 61.4 Å². The number of piperazine rings is 1. The number of ketones is 1. The number of Topliss-reactive ketones (excluding diaryl/α,β-unsaturated/α-hetero) is 1. The molecule has 1 saturated heterocycles. The third kappa shape index (κ3) is 6.04. The van der Waals surface area contributed by atoms with Crippen molar-refractivity contribution < 1.29 is 22.8 Å². The number of alkyl halides is 3. The zero-order valence-corrected chi connectivity index (χ0v) is 16.5. The Balaban J connectivity index is 1.59. The van der Waals surface area contributed by atoms with E-state index in [2.05, 4.69) is 20.4 Å². The molecule has 2 N–H and O–H groups in total. The van der Waals surface area contributed by atoms with E-state index < -0.39 is 17.8 Å². The van der Waals surface area contributed by atoms with Gasteiger partial charge in [-0.15, -0.1) is 0 Å². The number of carbonyl (C=O) groups excluding carboxylic acids is 2. The fourth-order valence-electron chi connectivity index (χ4n) is 3.14. The van der Waals surface area contributed by atoms with Crippen molar-refractivity contribution in [1.82, 2.24) is 9.80 Å². The highest BCUT2D eigenvalue weighted by Crippen LogP contribution is 2.30. The predicted octanol–water partition coefficient (Wildman–Crippen LogP) is 3.78. The largest absolute Gasteiger partial charge is 0.416 e. The molecule has 0 unspecified atom stereocenters. The molecular formula is C21H23F3N4O2. The number of anilines is 2. The smallest absolute Gasteiger partial charge is 0.308 e. The van der Waals surface area contributed by atoms with E-state index in [1.165, 1.54) is 12.1 Å². The molecule has 6 nitrogen and oxygen atoms in total. The minimum atomic E-state index is -4.49. The van der Waals surface area contributed by atoms with Gasteiger partial charge in [0.05, 0.1) is 12.1 Å². The van der Waals surface area contributed by atoms with E-state index in [0.29, 0.717) is 17.8 Å². The third-order valence-corrected chi connectivity index (χ3v) is 4.85. The van der Waals surface area contributed by atoms with Crippen molar-refractivity contribution in [1.29, 1.82) is 0 Å². The molecule has 0 saturated carbocycles. The van der Waals surface area contributed by atoms with Crippen molar-refractivity contribution in [2.75, 3.05) is 50.4 Å². The Morgan fingerprint density at radius 2 is 1.53 bits per heavy atom. The lowest BCUT2D eigenvalue weighted by molar-refractivity contribution is -0.137. The Morgan fingerprint density at radius 1 is 0.933 bits per heavy atom. The number of amides is 2. The summed E-state index contributed by atoms with van der Waals surface area (Å²) in [6.07, 6.45) is -4.49. The van der Waals surface area contributed by atoms with Crippen LogP contribution in [0.15, 0.2) is 48.5 Å². The van der Waals surface area contributed by atoms with Gasteiger partial charge >= 0.3 is 12.2 Å². The molecule has 0 spiro atoms. The fraction of sp³-hybridized carbons (Fsp3) is 0.333. The van der Waals surface area contributed by atoms with Gasteiger partial charge in [-0.25, -0.2) is 4.79 Å². The molecule has 0 bridgehead atoms. The first-order valence-corrected chi connectivity index (χ1v) is 9.50. The molecule has 1 aliphatic heterocycles. The van der Waals surface area contributed by atoms with E-state index in [4.69, 9.17) is 0 Å². The number of hydrogen-bond donors (Lipinski definition) is 2. The van der Waals surface area contributed by atoms with Gasteiger partial charge in [-0.05, 0) is 37.4 Å². The Morgan fingerprint density at radius 3 is 2.17 bits per heavy atom. The third-order valence-electron chi connectivity index (χ3n) is 4.85. The van der Waals surface area contributed by atoms with E-state index in [1.54, 1.807) is 24.3 Å². The molecular weight excluding hydrogens is 397 g/mol. The normalized spacial score (nSPS) is 15.6. The molecule has 2 amide bonds. The molecule has 0 atom stereocenters. The number of benzene rings is 2. The number of carbonyl (C=O) groups is 2. The fourth-order valence-corrected chi connectivity index (χ4v) is 3.14. The highest BCUT2D eigenvalue weighted by Gasteiger charge is 2.30. The van der Waals surface area contributed by atoms with Crippen molar-refractivity contribution in [2.24, 2.45) is 0 Å². The second kappa shape index (κ2) is 9.27. The topological polar surface area (TPSA) is 64.7 Å². The van der Waals surface area contributed by atoms with Gasteiger partial charge in [0.2, 0.25) is 0 Å². The standard InChI is InChI=1S/C21H23F3N4O2/c1-27-8-10-28(11-9-27)14-19(29)15-4-2-6-17(12-15)25-20(30)26-18-7-3-5-16(13-18)21(22,23)24/h2-7,12-13H,8-11,14H2,1H3,(H2,25,26,30). The molecule has 2 aromatic carbocycles. The summed E-state index contributed by atoms with van der Waals surface area (Å²) in [6.45, 7) is 3.75. The first-order valence-electron chi connectivity index (χ1n) is 9.50. The van der Waals surface area contributed by atoms with Gasteiger partial charge in [0.1, 0.15) is 0 Å². The Labute approximate surface area is 172 Å². The molecule has 1 heterocycles. The van der Waals surface area contributed by atoms with Gasteiger partial charge in [0.25, 0.3) is 0 Å². The summed E-state index contributed by atoms with van der Waals surface area (Å²) in [5, 5.41) is 4.92. The van der Waals surface area contributed by atoms with Gasteiger partial charge in [-0.2, -0.15) is 13.2 Å². The van der Waals surface area contributed by atoms with Crippen LogP contribution in [0.25, 0.3) is 0 Å². The maximum Gasteiger partial charge on any atom is 0.416 e. The van der Waals surface area contributed by atoms with E-state index in [1.807, 2.05) is 7.05 Å². The molecule has 0 aromatic heterocycles. The molecule has 30 heavy (non-hydrogen) atoms. The SMILES string of the molecule is CN1CCN(CC(=O)c2cccc(NC(=O)Nc3cccc(C(F)(F)F)c3)c2)CC1. The lowest BCUT2D eigenvalue weighted by Gasteiger charge is -2.31. The molecule has 9 heteroatoms. The average Bonchev–Trinajstić information content (AvgIpc) is 2.69. The average molecular weight is 420 g/mol. The zero-order chi connectivity index (χ0) is 21.7. The van der Waals surface area contributed by atoms with Crippen molar-refractivity contribution >= 4 is 23.2 Å². The lowest BCUT2D eigenvalue weighted by Crippen LogP contribution is -2.46. The van der Waals surface area contributed by atoms with Crippen LogP contribution in [0.3, 0.4) is 0 Å². The zero-order valence-electron chi connectivity index (χ0n) is 16.5. The summed E-state index contributed by atoms with van der Waals surface area (Å²) >= 11 is 0. The molecule has 160 valence electrons. The Kier molecular flexibility index (Phi) is 6.73. The second-order valence-corrected chi connectivity index (χ2v) is 7.24. The number of nitrogens with zero attached hydrogens (tertiary/aromatic N) is 2. The maximum atomic E-state index is 12.8. The molecule has 3 rings (SSSR count). The quantitative estimate of drug-likeness (QED) is 0.723. The van der Waals surface area contributed by atoms with Crippen LogP contribution < -0.4 is 10.6 Å². The van der Waals surface area contributed by atoms with E-state index in [-0.39, 0.29) is 11.5 Å². The van der Waals surface area contributed by atoms with Crippen LogP contribution in [0.4, 0.5) is 29.3 Å². The van der Waals surface area contributed by atoms with Gasteiger partial charge < -0.3 is 15.5 Å². The van der Waals surface area contributed by atoms with Crippen LogP contribution in [0.1, 0.15) is 15.9 Å². The summed E-state index contributed by atoms with van der Waals surface area (Å²) in [4.78, 5) is 29.0. The van der Waals surface area contributed by atoms with Crippen LogP contribution in [0.2, 0.25) is 0 Å². The molecule has 1 aliphatic rings. The summed E-state index contributed by atoms with van der Waals surface area (Å²) < 4.78 is 38.4. The lowest BCUT2D eigenvalue weighted by atomic mass is 10.1. The van der Waals surface area contributed by atoms with Crippen molar-refractivity contribution in [2.45, 2.75) is 6.18 Å². The van der Waals surface area contributed by atoms with Crippen LogP contribution >= 0.6 is 0 Å². The number of hydrogen-bond acceptors (Lipinski definition) is 4. The van der Waals surface area contributed by atoms with Crippen LogP contribution in [-0.2, 0) is 6.18 Å². The summed E-state index contributed by atoms with van der Waals surface area (Å²) in [7, 11) is 2.04. The Bertz CT molecular complexity index is 909. The maximum absolute atomic E-state index is 12.8. The van der Waals surface area contributed by atoms with Gasteiger partial charge in [0, 0.05) is 43.1 Å². The van der Waals surface area contributed by atoms with Crippen molar-refractivity contribution in [3.05, 3.63) is 59.7 Å². The highest BCUT2D eigenvalue weighted by atomic mass is 19.4. The summed E-state index contributed by atoms with van der Waals surface area (Å²) in [5.41, 5.74) is 0.0101. The van der Waals surface area contributed by atoms with E-state index in [0.717, 1.165) is 38.3 Å². The number of halogens is 3. The van der Waals surface area contributed by atoms with Crippen molar-refractivity contribution in [3.8, 4) is 0 Å². The summed E-state index contributed by atoms with van der Waals surface area (Å²) in [6, 6.07) is 10.2. The molecule has 0 aliphatic carbocycles. The van der Waals surface area contributed by atoms with Gasteiger partial charge in [0.15, 0.2) is 5.78 Å². The predicted molar refractivity (Wildman–Crippen MR) is 109 cm³/mol. The monoisotopic (exact) mass is 420 g/mol. The van der Waals surface area contributed by atoms with Gasteiger partial charge in [-0.3, -0.25) is 9.69 Å². The second-order valence-electron chi connectivity index (χ2n) is 7.24. The van der Waals surface area contributed by atoms with E-state index in [9.17, 15) is 22.8 Å². The molecule has 2 aromatic rings. The highest BCUT2D eigenvalue weighted by molar-refractivity contribution is 6.02. The first kappa shape index (κ1) is 21.8. The van der Waals surface area contributed by atoms with Crippen LogP contribution in [0, 0.1) is 0 Å². The molecule has 0 radical (unpaired) electrons. The van der Waals surface area contributed by atoms with Gasteiger partial charge in [-0.1, -0.05) is 18.2 Å². The number of likely N-dealkylation sites (N-methyl/N-ethyl adjacent to an activating group) is 1. The van der Waals surface area contributed by atoms with Crippen molar-refractivity contribution in [3.63, 3.8) is 0 Å². The Hall–Kier alpha value is -2.91. The number of nitrogens with one attached hydrogen (secondary N) is 2. The molecule has 1 fully saturated rings. The summed E-state index contributed by atoms with van der Waals surface area (Å²) in [5.74, 6) is -0.0542. The first-order chi connectivity index (χ1) is 14.2. The van der Waals surface area contributed by atoms with E-state index >= 15 is 0 Å². The number of urea groups is 1. The minimum Gasteiger partial charge on any atom is -0.308 e. The number of rotatable bonds is 5. The van der Waals surface area contributed by atoms with Crippen LogP contribution in [0.5, 0.6) is 0 Å². The minimum absolute atomic E-state index is 0.0182.